The molecule has 4 N–H and O–H groups in total. The Bertz CT molecular complexity index is 1660. The first-order valence-electron chi connectivity index (χ1n) is 20.3. The van der Waals surface area contributed by atoms with Crippen LogP contribution in [0.3, 0.4) is 0 Å². The summed E-state index contributed by atoms with van der Waals surface area (Å²) in [4.78, 5) is 23.9. The van der Waals surface area contributed by atoms with Gasteiger partial charge < -0.3 is 20.4 Å². The maximum absolute atomic E-state index is 12.0. The van der Waals surface area contributed by atoms with Gasteiger partial charge in [-0.2, -0.15) is 0 Å². The van der Waals surface area contributed by atoms with Gasteiger partial charge in [0.2, 0.25) is 0 Å². The molecule has 0 radical (unpaired) electrons. The van der Waals surface area contributed by atoms with E-state index < -0.39 is 23.4 Å². The Kier molecular flexibility index (Phi) is 11.9. The Balaban J connectivity index is 1.17. The monoisotopic (exact) mass is 766 g/mol. The molecule has 0 amide bonds. The van der Waals surface area contributed by atoms with Crippen molar-refractivity contribution in [1.82, 2.24) is 0 Å². The van der Waals surface area contributed by atoms with E-state index in [0.717, 1.165) is 47.8 Å². The molecule has 6 nitrogen and oxygen atoms in total. The molecule has 0 bridgehead atoms. The lowest BCUT2D eigenvalue weighted by Crippen LogP contribution is -2.53. The average Bonchev–Trinajstić information content (AvgIpc) is 3.46. The van der Waals surface area contributed by atoms with Crippen LogP contribution in [0.2, 0.25) is 10.0 Å². The third-order valence-electron chi connectivity index (χ3n) is 15.1. The normalized spacial score (nSPS) is 31.3. The van der Waals surface area contributed by atoms with Crippen LogP contribution in [0.25, 0.3) is 5.57 Å². The molecule has 8 heteroatoms. The molecule has 4 fully saturated rings. The van der Waals surface area contributed by atoms with Crippen molar-refractivity contribution in [2.75, 3.05) is 0 Å². The number of hydrogen-bond donors (Lipinski definition) is 4. The Morgan fingerprint density at radius 3 is 1.96 bits per heavy atom. The van der Waals surface area contributed by atoms with Gasteiger partial charge in [0, 0.05) is 0 Å². The summed E-state index contributed by atoms with van der Waals surface area (Å²) in [6.45, 7) is 12.6. The van der Waals surface area contributed by atoms with E-state index in [1.165, 1.54) is 101 Å². The Morgan fingerprint density at radius 2 is 1.38 bits per heavy atom. The molecule has 6 unspecified atom stereocenters. The molecule has 4 aliphatic rings. The summed E-state index contributed by atoms with van der Waals surface area (Å²) in [6.07, 6.45) is 19.8. The first kappa shape index (κ1) is 40.0. The predicted octanol–water partition coefficient (Wildman–Crippen LogP) is 12.8. The van der Waals surface area contributed by atoms with Crippen LogP contribution in [0.5, 0.6) is 11.5 Å². The summed E-state index contributed by atoms with van der Waals surface area (Å²) in [5.41, 5.74) is 1.58. The standard InChI is InChI=1S/C45H60Cl2O6/c1-25(2)8-6-9-26(3)35-14-15-36-32-13-12-30-20-27(16-18-44(30,4)37(32)17-19-45(35,36)5)10-7-11-31(28-21-33(42(50)51)40(48)38(46)23-28)29-22-34(43(52)53)41(49)39(47)24-29/h11,21-27,30,32,35-37,48-49H,6-10,12-20H2,1-5H3,(H,50,51)(H,52,53)/t26?,27-,30?,32?,35+,36?,37?,44-,45?/m0/s1. The van der Waals surface area contributed by atoms with E-state index in [0.29, 0.717) is 39.9 Å². The van der Waals surface area contributed by atoms with E-state index in [4.69, 9.17) is 23.2 Å². The van der Waals surface area contributed by atoms with Gasteiger partial charge in [-0.05, 0) is 170 Å². The molecule has 0 saturated heterocycles. The second kappa shape index (κ2) is 15.8. The van der Waals surface area contributed by atoms with Crippen molar-refractivity contribution in [2.45, 2.75) is 125 Å². The highest BCUT2D eigenvalue weighted by atomic mass is 35.5. The van der Waals surface area contributed by atoms with Gasteiger partial charge in [-0.15, -0.1) is 0 Å². The number of allylic oxidation sites excluding steroid dienone is 1. The van der Waals surface area contributed by atoms with Crippen molar-refractivity contribution in [3.05, 3.63) is 62.6 Å². The van der Waals surface area contributed by atoms with Gasteiger partial charge in [-0.3, -0.25) is 0 Å². The zero-order valence-electron chi connectivity index (χ0n) is 32.3. The van der Waals surface area contributed by atoms with Crippen LogP contribution in [0, 0.1) is 58.2 Å². The fraction of sp³-hybridized carbons (Fsp3) is 0.644. The molecular formula is C45H60Cl2O6. The summed E-state index contributed by atoms with van der Waals surface area (Å²) < 4.78 is 0. The number of benzene rings is 2. The summed E-state index contributed by atoms with van der Waals surface area (Å²) >= 11 is 12.6. The zero-order chi connectivity index (χ0) is 38.4. The average molecular weight is 768 g/mol. The van der Waals surface area contributed by atoms with Crippen LogP contribution in [0.4, 0.5) is 0 Å². The quantitative estimate of drug-likeness (QED) is 0.171. The van der Waals surface area contributed by atoms with E-state index in [2.05, 4.69) is 34.6 Å². The van der Waals surface area contributed by atoms with Gasteiger partial charge in [-0.1, -0.05) is 83.2 Å². The first-order valence-corrected chi connectivity index (χ1v) is 21.0. The second-order valence-corrected chi connectivity index (χ2v) is 19.2. The third-order valence-corrected chi connectivity index (χ3v) is 15.7. The van der Waals surface area contributed by atoms with Gasteiger partial charge in [0.15, 0.2) is 0 Å². The molecule has 2 aromatic rings. The molecule has 6 rings (SSSR count). The molecule has 2 aromatic carbocycles. The van der Waals surface area contributed by atoms with Crippen molar-refractivity contribution in [2.24, 2.45) is 58.2 Å². The molecule has 53 heavy (non-hydrogen) atoms. The molecule has 4 saturated carbocycles. The number of hydrogen-bond acceptors (Lipinski definition) is 4. The van der Waals surface area contributed by atoms with Gasteiger partial charge >= 0.3 is 11.9 Å². The molecule has 0 aromatic heterocycles. The fourth-order valence-electron chi connectivity index (χ4n) is 12.3. The van der Waals surface area contributed by atoms with Crippen molar-refractivity contribution in [3.8, 4) is 11.5 Å². The number of carboxylic acids is 2. The lowest BCUT2D eigenvalue weighted by molar-refractivity contribution is -0.121. The number of halogens is 2. The van der Waals surface area contributed by atoms with Crippen LogP contribution in [-0.2, 0) is 0 Å². The number of aromatic carboxylic acids is 2. The highest BCUT2D eigenvalue weighted by Gasteiger charge is 2.60. The first-order chi connectivity index (χ1) is 25.0. The lowest BCUT2D eigenvalue weighted by Gasteiger charge is -2.61. The number of carboxylic acid groups (broad SMARTS) is 2. The van der Waals surface area contributed by atoms with E-state index in [1.54, 1.807) is 0 Å². The zero-order valence-corrected chi connectivity index (χ0v) is 33.8. The molecule has 9 atom stereocenters. The number of rotatable bonds is 12. The van der Waals surface area contributed by atoms with Crippen LogP contribution in [0.15, 0.2) is 30.3 Å². The Labute approximate surface area is 326 Å². The number of fused-ring (bicyclic) bond motifs is 5. The number of aromatic hydroxyl groups is 2. The summed E-state index contributed by atoms with van der Waals surface area (Å²) in [7, 11) is 0. The maximum atomic E-state index is 12.0. The molecule has 0 aliphatic heterocycles. The summed E-state index contributed by atoms with van der Waals surface area (Å²) in [6, 6.07) is 5.65. The largest absolute Gasteiger partial charge is 0.505 e. The van der Waals surface area contributed by atoms with Gasteiger partial charge in [0.25, 0.3) is 0 Å². The van der Waals surface area contributed by atoms with Crippen LogP contribution in [-0.4, -0.2) is 32.4 Å². The van der Waals surface area contributed by atoms with Crippen molar-refractivity contribution >= 4 is 40.7 Å². The smallest absolute Gasteiger partial charge is 0.339 e. The second-order valence-electron chi connectivity index (χ2n) is 18.3. The van der Waals surface area contributed by atoms with E-state index in [-0.39, 0.29) is 21.2 Å². The minimum atomic E-state index is -1.33. The molecule has 0 heterocycles. The van der Waals surface area contributed by atoms with Crippen molar-refractivity contribution in [3.63, 3.8) is 0 Å². The fourth-order valence-corrected chi connectivity index (χ4v) is 12.8. The van der Waals surface area contributed by atoms with E-state index in [9.17, 15) is 30.0 Å². The number of phenols is 2. The summed E-state index contributed by atoms with van der Waals surface area (Å²) in [5.74, 6) is 2.64. The lowest BCUT2D eigenvalue weighted by atomic mass is 9.44. The van der Waals surface area contributed by atoms with Crippen molar-refractivity contribution in [1.29, 1.82) is 0 Å². The van der Waals surface area contributed by atoms with Gasteiger partial charge in [0.1, 0.15) is 22.6 Å². The van der Waals surface area contributed by atoms with Crippen LogP contribution >= 0.6 is 23.2 Å². The SMILES string of the molecule is CC(C)CCCC(C)[C@H]1CCC2C3CCC4C[C@@H](CCC=C(c5cc(Cl)c(O)c(C(=O)O)c5)c5cc(Cl)c(O)c(C(=O)O)c5)CC[C@]4(C)C3CCC21C. The Morgan fingerprint density at radius 1 is 0.792 bits per heavy atom. The topological polar surface area (TPSA) is 115 Å². The third kappa shape index (κ3) is 7.75. The minimum Gasteiger partial charge on any atom is -0.505 e. The molecule has 4 aliphatic carbocycles. The predicted molar refractivity (Wildman–Crippen MR) is 213 cm³/mol. The molecular weight excluding hydrogens is 707 g/mol. The summed E-state index contributed by atoms with van der Waals surface area (Å²) in [5, 5.41) is 40.0. The number of carbonyl (C=O) groups is 2. The highest BCUT2D eigenvalue weighted by Crippen LogP contribution is 2.69. The van der Waals surface area contributed by atoms with E-state index in [1.807, 2.05) is 6.08 Å². The van der Waals surface area contributed by atoms with E-state index >= 15 is 0 Å². The molecule has 290 valence electrons. The minimum absolute atomic E-state index is 0.122. The van der Waals surface area contributed by atoms with Gasteiger partial charge in [0.05, 0.1) is 10.0 Å². The highest BCUT2D eigenvalue weighted by molar-refractivity contribution is 6.33. The maximum Gasteiger partial charge on any atom is 0.339 e. The van der Waals surface area contributed by atoms with Crippen LogP contribution < -0.4 is 0 Å². The van der Waals surface area contributed by atoms with Gasteiger partial charge in [-0.25, -0.2) is 9.59 Å². The molecule has 0 spiro atoms. The Hall–Kier alpha value is -2.70. The van der Waals surface area contributed by atoms with Crippen molar-refractivity contribution < 1.29 is 30.0 Å². The van der Waals surface area contributed by atoms with Crippen LogP contribution in [0.1, 0.15) is 156 Å².